The van der Waals surface area contributed by atoms with Crippen LogP contribution in [0.1, 0.15) is 58.3 Å². The highest BCUT2D eigenvalue weighted by molar-refractivity contribution is 5.91. The molecule has 1 saturated heterocycles. The van der Waals surface area contributed by atoms with Crippen molar-refractivity contribution in [3.8, 4) is 0 Å². The van der Waals surface area contributed by atoms with Crippen LogP contribution < -0.4 is 5.32 Å². The highest BCUT2D eigenvalue weighted by Crippen LogP contribution is 2.44. The molecule has 1 N–H and O–H groups in total. The van der Waals surface area contributed by atoms with E-state index in [4.69, 9.17) is 4.74 Å². The Balaban J connectivity index is 1.95. The normalized spacial score (nSPS) is 30.7. The first-order chi connectivity index (χ1) is 8.69. The van der Waals surface area contributed by atoms with Crippen LogP contribution in [0, 0.1) is 5.92 Å². The van der Waals surface area contributed by atoms with Crippen LogP contribution >= 0.6 is 0 Å². The Hall–Kier alpha value is -1.06. The van der Waals surface area contributed by atoms with E-state index in [1.54, 1.807) is 0 Å². The van der Waals surface area contributed by atoms with Gasteiger partial charge in [-0.25, -0.2) is 0 Å². The van der Waals surface area contributed by atoms with E-state index in [0.29, 0.717) is 19.4 Å². The smallest absolute Gasteiger partial charge is 0.307 e. The fraction of sp³-hybridized carbons (Fsp3) is 0.857. The molecule has 0 bridgehead atoms. The molecule has 1 aliphatic heterocycles. The molecule has 1 saturated carbocycles. The molecule has 4 nitrogen and oxygen atoms in total. The summed E-state index contributed by atoms with van der Waals surface area (Å²) in [5.74, 6) is -0.162. The van der Waals surface area contributed by atoms with E-state index in [9.17, 15) is 9.59 Å². The van der Waals surface area contributed by atoms with Crippen molar-refractivity contribution in [1.82, 2.24) is 5.32 Å². The van der Waals surface area contributed by atoms with E-state index in [1.165, 1.54) is 0 Å². The van der Waals surface area contributed by atoms with Gasteiger partial charge in [-0.1, -0.05) is 26.2 Å². The van der Waals surface area contributed by atoms with Gasteiger partial charge in [0.15, 0.2) is 5.60 Å². The maximum atomic E-state index is 12.3. The molecule has 2 aliphatic rings. The van der Waals surface area contributed by atoms with Gasteiger partial charge >= 0.3 is 5.97 Å². The minimum atomic E-state index is -0.832. The molecule has 1 heterocycles. The van der Waals surface area contributed by atoms with Crippen LogP contribution in [0.25, 0.3) is 0 Å². The number of carbonyl (C=O) groups is 2. The zero-order valence-corrected chi connectivity index (χ0v) is 11.2. The highest BCUT2D eigenvalue weighted by atomic mass is 16.6. The van der Waals surface area contributed by atoms with Crippen molar-refractivity contribution in [2.24, 2.45) is 5.92 Å². The van der Waals surface area contributed by atoms with E-state index >= 15 is 0 Å². The fourth-order valence-electron chi connectivity index (χ4n) is 3.13. The Labute approximate surface area is 108 Å². The van der Waals surface area contributed by atoms with Gasteiger partial charge in [0.05, 0.1) is 6.42 Å². The number of amides is 1. The molecule has 102 valence electrons. The summed E-state index contributed by atoms with van der Waals surface area (Å²) in [6, 6.07) is 0. The van der Waals surface area contributed by atoms with Crippen LogP contribution in [0.5, 0.6) is 0 Å². The maximum Gasteiger partial charge on any atom is 0.307 e. The third-order valence-corrected chi connectivity index (χ3v) is 4.17. The third-order valence-electron chi connectivity index (χ3n) is 4.17. The Morgan fingerprint density at radius 3 is 3.06 bits per heavy atom. The molecule has 2 rings (SSSR count). The average molecular weight is 253 g/mol. The number of esters is 1. The second-order valence-electron chi connectivity index (χ2n) is 5.47. The highest BCUT2D eigenvalue weighted by Gasteiger charge is 2.55. The molecule has 4 heteroatoms. The molecule has 18 heavy (non-hydrogen) atoms. The van der Waals surface area contributed by atoms with Crippen molar-refractivity contribution in [2.45, 2.75) is 63.9 Å². The summed E-state index contributed by atoms with van der Waals surface area (Å²) in [6.07, 6.45) is 7.39. The monoisotopic (exact) mass is 253 g/mol. The predicted molar refractivity (Wildman–Crippen MR) is 67.9 cm³/mol. The molecule has 0 aromatic carbocycles. The van der Waals surface area contributed by atoms with Crippen molar-refractivity contribution >= 4 is 11.9 Å². The number of fused-ring (bicyclic) bond motifs is 1. The maximum absolute atomic E-state index is 12.3. The first-order valence-corrected chi connectivity index (χ1v) is 7.19. The zero-order chi connectivity index (χ0) is 13.0. The largest absolute Gasteiger partial charge is 0.449 e. The van der Waals surface area contributed by atoms with Gasteiger partial charge in [0, 0.05) is 12.5 Å². The molecule has 2 atom stereocenters. The van der Waals surface area contributed by atoms with E-state index in [2.05, 4.69) is 12.2 Å². The average Bonchev–Trinajstić information content (AvgIpc) is 2.71. The molecule has 0 spiro atoms. The number of carbonyl (C=O) groups excluding carboxylic acids is 2. The number of unbranched alkanes of at least 4 members (excludes halogenated alkanes) is 2. The topological polar surface area (TPSA) is 55.4 Å². The number of ether oxygens (including phenoxy) is 1. The van der Waals surface area contributed by atoms with Crippen LogP contribution in [0.3, 0.4) is 0 Å². The van der Waals surface area contributed by atoms with Gasteiger partial charge < -0.3 is 10.1 Å². The number of rotatable bonds is 5. The van der Waals surface area contributed by atoms with Crippen LogP contribution in [-0.2, 0) is 14.3 Å². The number of hydrogen-bond acceptors (Lipinski definition) is 3. The fourth-order valence-corrected chi connectivity index (χ4v) is 3.13. The van der Waals surface area contributed by atoms with Crippen molar-refractivity contribution in [1.29, 1.82) is 0 Å². The van der Waals surface area contributed by atoms with E-state index in [-0.39, 0.29) is 17.8 Å². The van der Waals surface area contributed by atoms with Gasteiger partial charge in [0.25, 0.3) is 5.91 Å². The Morgan fingerprint density at radius 2 is 2.28 bits per heavy atom. The lowest BCUT2D eigenvalue weighted by molar-refractivity contribution is -0.163. The second kappa shape index (κ2) is 5.72. The summed E-state index contributed by atoms with van der Waals surface area (Å²) in [4.78, 5) is 23.8. The van der Waals surface area contributed by atoms with Gasteiger partial charge in [0.2, 0.25) is 0 Å². The lowest BCUT2D eigenvalue weighted by atomic mass is 9.75. The Kier molecular flexibility index (Phi) is 4.25. The van der Waals surface area contributed by atoms with Gasteiger partial charge in [-0.15, -0.1) is 0 Å². The van der Waals surface area contributed by atoms with Gasteiger partial charge in [0.1, 0.15) is 0 Å². The van der Waals surface area contributed by atoms with E-state index < -0.39 is 5.60 Å². The third kappa shape index (κ3) is 2.52. The van der Waals surface area contributed by atoms with Crippen LogP contribution in [0.15, 0.2) is 0 Å². The Morgan fingerprint density at radius 1 is 1.44 bits per heavy atom. The summed E-state index contributed by atoms with van der Waals surface area (Å²) in [5, 5.41) is 2.95. The zero-order valence-electron chi connectivity index (χ0n) is 11.2. The summed E-state index contributed by atoms with van der Waals surface area (Å²) < 4.78 is 5.42. The van der Waals surface area contributed by atoms with Crippen molar-refractivity contribution in [2.75, 3.05) is 6.54 Å². The molecular weight excluding hydrogens is 230 g/mol. The molecule has 1 amide bonds. The molecule has 0 aromatic rings. The quantitative estimate of drug-likeness (QED) is 0.603. The second-order valence-corrected chi connectivity index (χ2v) is 5.47. The molecule has 2 fully saturated rings. The van der Waals surface area contributed by atoms with E-state index in [0.717, 1.165) is 38.5 Å². The number of hydrogen-bond donors (Lipinski definition) is 1. The van der Waals surface area contributed by atoms with Gasteiger partial charge in [-0.05, 0) is 25.7 Å². The van der Waals surface area contributed by atoms with Crippen molar-refractivity contribution in [3.05, 3.63) is 0 Å². The van der Waals surface area contributed by atoms with Crippen molar-refractivity contribution in [3.63, 3.8) is 0 Å². The lowest BCUT2D eigenvalue weighted by Crippen LogP contribution is -2.52. The number of nitrogens with one attached hydrogen (secondary N) is 1. The minimum absolute atomic E-state index is 0.0610. The molecule has 0 unspecified atom stereocenters. The summed E-state index contributed by atoms with van der Waals surface area (Å²) >= 11 is 0. The van der Waals surface area contributed by atoms with Crippen LogP contribution in [0.2, 0.25) is 0 Å². The van der Waals surface area contributed by atoms with Crippen LogP contribution in [-0.4, -0.2) is 24.0 Å². The van der Waals surface area contributed by atoms with Gasteiger partial charge in [-0.3, -0.25) is 9.59 Å². The summed E-state index contributed by atoms with van der Waals surface area (Å²) in [5.41, 5.74) is -0.832. The molecule has 0 aromatic heterocycles. The van der Waals surface area contributed by atoms with E-state index in [1.807, 2.05) is 0 Å². The Bertz CT molecular complexity index is 329. The molecular formula is C14H23NO3. The van der Waals surface area contributed by atoms with Crippen LogP contribution in [0.4, 0.5) is 0 Å². The standard InChI is InChI=1S/C14H23NO3/c1-2-3-6-9-15-13(17)14-8-5-4-7-11(14)10-12(16)18-14/h11H,2-10H2,1H3,(H,15,17)/t11-,14+/m1/s1. The first kappa shape index (κ1) is 13.4. The SMILES string of the molecule is CCCCCNC(=O)[C@]12CCCC[C@@H]1CC(=O)O2. The van der Waals surface area contributed by atoms with Crippen molar-refractivity contribution < 1.29 is 14.3 Å². The summed E-state index contributed by atoms with van der Waals surface area (Å²) in [6.45, 7) is 2.83. The first-order valence-electron chi connectivity index (χ1n) is 7.19. The lowest BCUT2D eigenvalue weighted by Gasteiger charge is -2.35. The van der Waals surface area contributed by atoms with Gasteiger partial charge in [-0.2, -0.15) is 0 Å². The summed E-state index contributed by atoms with van der Waals surface area (Å²) in [7, 11) is 0. The molecule has 0 radical (unpaired) electrons. The minimum Gasteiger partial charge on any atom is -0.449 e. The predicted octanol–water partition coefficient (Wildman–Crippen LogP) is 2.17. The molecule has 1 aliphatic carbocycles.